The quantitative estimate of drug-likeness (QED) is 0.551. The highest BCUT2D eigenvalue weighted by Gasteiger charge is 2.14. The second-order valence-electron chi connectivity index (χ2n) is 5.26. The van der Waals surface area contributed by atoms with Gasteiger partial charge in [0.25, 0.3) is 5.89 Å². The number of hydrogen-bond donors (Lipinski definition) is 0. The van der Waals surface area contributed by atoms with Crippen molar-refractivity contribution in [1.82, 2.24) is 15.1 Å². The maximum absolute atomic E-state index is 13.0. The van der Waals surface area contributed by atoms with Crippen molar-refractivity contribution < 1.29 is 8.91 Å². The second-order valence-corrected chi connectivity index (χ2v) is 5.26. The first-order chi connectivity index (χ1) is 11.2. The summed E-state index contributed by atoms with van der Waals surface area (Å²) in [6.45, 7) is 1.93. The fourth-order valence-electron chi connectivity index (χ4n) is 2.54. The lowest BCUT2D eigenvalue weighted by Gasteiger charge is -2.03. The molecule has 0 saturated carbocycles. The van der Waals surface area contributed by atoms with Gasteiger partial charge in [0.15, 0.2) is 0 Å². The zero-order chi connectivity index (χ0) is 15.8. The molecule has 0 atom stereocenters. The van der Waals surface area contributed by atoms with Crippen molar-refractivity contribution in [2.24, 2.45) is 0 Å². The van der Waals surface area contributed by atoms with Crippen molar-refractivity contribution in [3.05, 3.63) is 66.1 Å². The molecule has 4 rings (SSSR count). The number of rotatable bonds is 2. The van der Waals surface area contributed by atoms with E-state index in [1.165, 1.54) is 12.1 Å². The SMILES string of the molecule is Cc1cc(-c2noc(-c3ccc(F)cc3)n2)c2ccccc2n1. The lowest BCUT2D eigenvalue weighted by molar-refractivity contribution is 0.432. The molecule has 2 aromatic carbocycles. The monoisotopic (exact) mass is 305 g/mol. The van der Waals surface area contributed by atoms with Crippen LogP contribution in [0, 0.1) is 12.7 Å². The van der Waals surface area contributed by atoms with Crippen LogP contribution < -0.4 is 0 Å². The van der Waals surface area contributed by atoms with Crippen molar-refractivity contribution in [1.29, 1.82) is 0 Å². The van der Waals surface area contributed by atoms with E-state index in [-0.39, 0.29) is 5.82 Å². The summed E-state index contributed by atoms with van der Waals surface area (Å²) in [5.74, 6) is 0.550. The number of para-hydroxylation sites is 1. The van der Waals surface area contributed by atoms with Crippen molar-refractivity contribution in [2.75, 3.05) is 0 Å². The van der Waals surface area contributed by atoms with E-state index in [0.29, 0.717) is 17.3 Å². The van der Waals surface area contributed by atoms with Gasteiger partial charge in [0.2, 0.25) is 5.82 Å². The van der Waals surface area contributed by atoms with Crippen LogP contribution in [0.1, 0.15) is 5.69 Å². The minimum Gasteiger partial charge on any atom is -0.334 e. The average molecular weight is 305 g/mol. The summed E-state index contributed by atoms with van der Waals surface area (Å²) < 4.78 is 18.3. The summed E-state index contributed by atoms with van der Waals surface area (Å²) >= 11 is 0. The van der Waals surface area contributed by atoms with E-state index in [0.717, 1.165) is 22.2 Å². The van der Waals surface area contributed by atoms with Gasteiger partial charge in [-0.3, -0.25) is 4.98 Å². The number of aromatic nitrogens is 3. The molecular formula is C18H12FN3O. The third-order valence-corrected chi connectivity index (χ3v) is 3.60. The molecule has 2 heterocycles. The average Bonchev–Trinajstić information content (AvgIpc) is 3.04. The first-order valence-corrected chi connectivity index (χ1v) is 7.17. The lowest BCUT2D eigenvalue weighted by Crippen LogP contribution is -1.89. The van der Waals surface area contributed by atoms with Crippen molar-refractivity contribution >= 4 is 10.9 Å². The van der Waals surface area contributed by atoms with Crippen LogP contribution in [0.25, 0.3) is 33.7 Å². The number of aryl methyl sites for hydroxylation is 1. The van der Waals surface area contributed by atoms with Crippen LogP contribution in [-0.2, 0) is 0 Å². The molecule has 0 aliphatic heterocycles. The summed E-state index contributed by atoms with van der Waals surface area (Å²) in [5, 5.41) is 5.03. The predicted molar refractivity (Wildman–Crippen MR) is 85.2 cm³/mol. The van der Waals surface area contributed by atoms with Gasteiger partial charge in [-0.2, -0.15) is 4.98 Å². The molecule has 0 spiro atoms. The summed E-state index contributed by atoms with van der Waals surface area (Å²) in [6.07, 6.45) is 0. The molecule has 23 heavy (non-hydrogen) atoms. The van der Waals surface area contributed by atoms with Gasteiger partial charge in [0, 0.05) is 22.2 Å². The van der Waals surface area contributed by atoms with Crippen LogP contribution in [0.4, 0.5) is 4.39 Å². The first-order valence-electron chi connectivity index (χ1n) is 7.17. The van der Waals surface area contributed by atoms with Gasteiger partial charge in [-0.05, 0) is 43.3 Å². The predicted octanol–water partition coefficient (Wildman–Crippen LogP) is 4.40. The van der Waals surface area contributed by atoms with Crippen LogP contribution in [0.5, 0.6) is 0 Å². The smallest absolute Gasteiger partial charge is 0.258 e. The normalized spacial score (nSPS) is 11.0. The van der Waals surface area contributed by atoms with E-state index in [1.54, 1.807) is 12.1 Å². The highest BCUT2D eigenvalue weighted by Crippen LogP contribution is 2.28. The Labute approximate surface area is 131 Å². The molecule has 0 bridgehead atoms. The standard InChI is InChI=1S/C18H12FN3O/c1-11-10-15(14-4-2-3-5-16(14)20-11)17-21-18(23-22-17)12-6-8-13(19)9-7-12/h2-10H,1H3. The molecule has 4 aromatic rings. The second kappa shape index (κ2) is 5.28. The summed E-state index contributed by atoms with van der Waals surface area (Å²) in [4.78, 5) is 8.95. The zero-order valence-electron chi connectivity index (χ0n) is 12.3. The molecule has 5 heteroatoms. The molecule has 0 aliphatic carbocycles. The van der Waals surface area contributed by atoms with Crippen molar-refractivity contribution in [3.63, 3.8) is 0 Å². The van der Waals surface area contributed by atoms with E-state index >= 15 is 0 Å². The Hall–Kier alpha value is -3.08. The Bertz CT molecular complexity index is 993. The third kappa shape index (κ3) is 2.46. The number of fused-ring (bicyclic) bond motifs is 1. The maximum atomic E-state index is 13.0. The number of halogens is 1. The molecular weight excluding hydrogens is 293 g/mol. The molecule has 0 aliphatic rings. The molecule has 0 unspecified atom stereocenters. The largest absolute Gasteiger partial charge is 0.334 e. The van der Waals surface area contributed by atoms with Crippen molar-refractivity contribution in [2.45, 2.75) is 6.92 Å². The van der Waals surface area contributed by atoms with E-state index in [1.807, 2.05) is 37.3 Å². The van der Waals surface area contributed by atoms with Gasteiger partial charge < -0.3 is 4.52 Å². The fourth-order valence-corrected chi connectivity index (χ4v) is 2.54. The minimum atomic E-state index is -0.302. The third-order valence-electron chi connectivity index (χ3n) is 3.60. The fraction of sp³-hybridized carbons (Fsp3) is 0.0556. The van der Waals surface area contributed by atoms with Gasteiger partial charge >= 0.3 is 0 Å². The van der Waals surface area contributed by atoms with Crippen molar-refractivity contribution in [3.8, 4) is 22.8 Å². The van der Waals surface area contributed by atoms with Crippen LogP contribution in [0.2, 0.25) is 0 Å². The van der Waals surface area contributed by atoms with Crippen LogP contribution >= 0.6 is 0 Å². The topological polar surface area (TPSA) is 51.8 Å². The number of benzene rings is 2. The Morgan fingerprint density at radius 2 is 1.74 bits per heavy atom. The van der Waals surface area contributed by atoms with E-state index < -0.39 is 0 Å². The Kier molecular flexibility index (Phi) is 3.12. The number of nitrogens with zero attached hydrogens (tertiary/aromatic N) is 3. The molecule has 0 radical (unpaired) electrons. The van der Waals surface area contributed by atoms with Gasteiger partial charge in [-0.25, -0.2) is 4.39 Å². The number of hydrogen-bond acceptors (Lipinski definition) is 4. The van der Waals surface area contributed by atoms with Gasteiger partial charge in [-0.1, -0.05) is 23.4 Å². The molecule has 0 amide bonds. The Balaban J connectivity index is 1.85. The van der Waals surface area contributed by atoms with E-state index in [2.05, 4.69) is 15.1 Å². The van der Waals surface area contributed by atoms with Crippen LogP contribution in [0.15, 0.2) is 59.1 Å². The minimum absolute atomic E-state index is 0.302. The first kappa shape index (κ1) is 13.6. The zero-order valence-corrected chi connectivity index (χ0v) is 12.3. The molecule has 4 nitrogen and oxygen atoms in total. The van der Waals surface area contributed by atoms with Crippen LogP contribution in [0.3, 0.4) is 0 Å². The van der Waals surface area contributed by atoms with Gasteiger partial charge in [0.1, 0.15) is 5.82 Å². The highest BCUT2D eigenvalue weighted by atomic mass is 19.1. The van der Waals surface area contributed by atoms with E-state index in [9.17, 15) is 4.39 Å². The summed E-state index contributed by atoms with van der Waals surface area (Å²) in [7, 11) is 0. The molecule has 2 aromatic heterocycles. The molecule has 112 valence electrons. The molecule has 0 saturated heterocycles. The highest BCUT2D eigenvalue weighted by molar-refractivity contribution is 5.92. The Morgan fingerprint density at radius 3 is 2.57 bits per heavy atom. The molecule has 0 fully saturated rings. The number of pyridine rings is 1. The summed E-state index contributed by atoms with van der Waals surface area (Å²) in [6, 6.07) is 15.7. The van der Waals surface area contributed by atoms with Crippen LogP contribution in [-0.4, -0.2) is 15.1 Å². The molecule has 0 N–H and O–H groups in total. The lowest BCUT2D eigenvalue weighted by atomic mass is 10.1. The van der Waals surface area contributed by atoms with Gasteiger partial charge in [-0.15, -0.1) is 0 Å². The summed E-state index contributed by atoms with van der Waals surface area (Å²) in [5.41, 5.74) is 3.31. The van der Waals surface area contributed by atoms with Gasteiger partial charge in [0.05, 0.1) is 5.52 Å². The maximum Gasteiger partial charge on any atom is 0.258 e. The Morgan fingerprint density at radius 1 is 0.957 bits per heavy atom. The van der Waals surface area contributed by atoms with E-state index in [4.69, 9.17) is 4.52 Å².